The summed E-state index contributed by atoms with van der Waals surface area (Å²) >= 11 is 0. The molecule has 0 atom stereocenters. The number of pyridine rings is 1. The minimum atomic E-state index is -0.992. The van der Waals surface area contributed by atoms with E-state index < -0.39 is 5.97 Å². The predicted molar refractivity (Wildman–Crippen MR) is 73.3 cm³/mol. The number of aromatic nitrogens is 1. The number of hydrogen-bond donors (Lipinski definition) is 2. The molecule has 108 valence electrons. The van der Waals surface area contributed by atoms with Crippen molar-refractivity contribution in [2.24, 2.45) is 0 Å². The molecule has 1 aliphatic rings. The molecule has 1 fully saturated rings. The van der Waals surface area contributed by atoms with E-state index in [-0.39, 0.29) is 18.0 Å². The van der Waals surface area contributed by atoms with Crippen molar-refractivity contribution in [1.29, 1.82) is 0 Å². The Morgan fingerprint density at radius 1 is 1.35 bits per heavy atom. The second kappa shape index (κ2) is 7.00. The highest BCUT2D eigenvalue weighted by molar-refractivity contribution is 5.87. The average molecular weight is 277 g/mol. The highest BCUT2D eigenvalue weighted by Crippen LogP contribution is 2.07. The number of carboxylic acids is 1. The third-order valence-electron chi connectivity index (χ3n) is 3.38. The lowest BCUT2D eigenvalue weighted by Gasteiger charge is -2.13. The zero-order valence-corrected chi connectivity index (χ0v) is 11.3. The number of hydrogen-bond acceptors (Lipinski definition) is 4. The van der Waals surface area contributed by atoms with Crippen LogP contribution in [-0.4, -0.2) is 46.5 Å². The molecular formula is C14H19N3O3. The first-order valence-electron chi connectivity index (χ1n) is 6.82. The molecule has 0 bridgehead atoms. The van der Waals surface area contributed by atoms with Crippen LogP contribution in [0.2, 0.25) is 0 Å². The van der Waals surface area contributed by atoms with Gasteiger partial charge in [-0.3, -0.25) is 9.78 Å². The second-order valence-corrected chi connectivity index (χ2v) is 4.92. The van der Waals surface area contributed by atoms with Crippen LogP contribution in [-0.2, 0) is 11.3 Å². The van der Waals surface area contributed by atoms with E-state index in [1.54, 1.807) is 0 Å². The molecule has 1 saturated heterocycles. The standard InChI is InChI=1S/C14H19N3O3/c18-13(4-8-17-6-1-2-7-17)16-10-12-9-11(14(19)20)3-5-15-12/h3,5,9H,1-2,4,6-8,10H2,(H,16,18)(H,19,20). The molecule has 6 heteroatoms. The maximum Gasteiger partial charge on any atom is 0.335 e. The average Bonchev–Trinajstić information content (AvgIpc) is 2.96. The Morgan fingerprint density at radius 2 is 2.10 bits per heavy atom. The molecule has 1 aromatic heterocycles. The number of likely N-dealkylation sites (tertiary alicyclic amines) is 1. The van der Waals surface area contributed by atoms with E-state index >= 15 is 0 Å². The number of carbonyl (C=O) groups excluding carboxylic acids is 1. The van der Waals surface area contributed by atoms with Gasteiger partial charge >= 0.3 is 5.97 Å². The topological polar surface area (TPSA) is 82.5 Å². The Balaban J connectivity index is 1.75. The van der Waals surface area contributed by atoms with E-state index in [1.165, 1.54) is 31.2 Å². The number of carboxylic acid groups (broad SMARTS) is 1. The van der Waals surface area contributed by atoms with Gasteiger partial charge in [0.15, 0.2) is 0 Å². The third kappa shape index (κ3) is 4.31. The molecule has 1 amide bonds. The van der Waals surface area contributed by atoms with Gasteiger partial charge in [-0.15, -0.1) is 0 Å². The summed E-state index contributed by atoms with van der Waals surface area (Å²) in [6, 6.07) is 2.91. The van der Waals surface area contributed by atoms with Crippen LogP contribution in [0.25, 0.3) is 0 Å². The predicted octanol–water partition coefficient (Wildman–Crippen LogP) is 0.882. The first-order valence-corrected chi connectivity index (χ1v) is 6.82. The van der Waals surface area contributed by atoms with Gasteiger partial charge in [0.25, 0.3) is 0 Å². The molecule has 0 aliphatic carbocycles. The van der Waals surface area contributed by atoms with Crippen LogP contribution in [0, 0.1) is 0 Å². The third-order valence-corrected chi connectivity index (χ3v) is 3.38. The molecule has 0 unspecified atom stereocenters. The summed E-state index contributed by atoms with van der Waals surface area (Å²) in [5.74, 6) is -1.02. The molecule has 1 aliphatic heterocycles. The van der Waals surface area contributed by atoms with Crippen molar-refractivity contribution in [3.05, 3.63) is 29.6 Å². The molecule has 0 saturated carbocycles. The first-order chi connectivity index (χ1) is 9.65. The van der Waals surface area contributed by atoms with Gasteiger partial charge in [-0.25, -0.2) is 4.79 Å². The van der Waals surface area contributed by atoms with Gasteiger partial charge in [0.2, 0.25) is 5.91 Å². The molecule has 2 rings (SSSR count). The number of nitrogens with zero attached hydrogens (tertiary/aromatic N) is 2. The Hall–Kier alpha value is -1.95. The van der Waals surface area contributed by atoms with E-state index in [1.807, 2.05) is 0 Å². The zero-order valence-electron chi connectivity index (χ0n) is 11.3. The largest absolute Gasteiger partial charge is 0.478 e. The lowest BCUT2D eigenvalue weighted by Crippen LogP contribution is -2.29. The Bertz CT molecular complexity index is 484. The Morgan fingerprint density at radius 3 is 2.80 bits per heavy atom. The molecule has 1 aromatic rings. The van der Waals surface area contributed by atoms with Crippen LogP contribution in [0.5, 0.6) is 0 Å². The SMILES string of the molecule is O=C(CCN1CCCC1)NCc1cc(C(=O)O)ccn1. The van der Waals surface area contributed by atoms with E-state index in [4.69, 9.17) is 5.11 Å². The number of carbonyl (C=O) groups is 2. The highest BCUT2D eigenvalue weighted by Gasteiger charge is 2.12. The number of aromatic carboxylic acids is 1. The van der Waals surface area contributed by atoms with Crippen LogP contribution >= 0.6 is 0 Å². The fourth-order valence-corrected chi connectivity index (χ4v) is 2.25. The van der Waals surface area contributed by atoms with Gasteiger partial charge in [-0.05, 0) is 38.1 Å². The molecule has 0 spiro atoms. The van der Waals surface area contributed by atoms with Gasteiger partial charge in [0, 0.05) is 19.2 Å². The number of rotatable bonds is 6. The van der Waals surface area contributed by atoms with E-state index in [9.17, 15) is 9.59 Å². The number of amides is 1. The normalized spacial score (nSPS) is 15.2. The quantitative estimate of drug-likeness (QED) is 0.806. The summed E-state index contributed by atoms with van der Waals surface area (Å²) in [7, 11) is 0. The Labute approximate surface area is 117 Å². The van der Waals surface area contributed by atoms with Gasteiger partial charge in [-0.1, -0.05) is 0 Å². The summed E-state index contributed by atoms with van der Waals surface area (Å²) in [5.41, 5.74) is 0.737. The summed E-state index contributed by atoms with van der Waals surface area (Å²) in [5, 5.41) is 11.6. The Kier molecular flexibility index (Phi) is 5.06. The van der Waals surface area contributed by atoms with Crippen molar-refractivity contribution < 1.29 is 14.7 Å². The molecule has 20 heavy (non-hydrogen) atoms. The zero-order chi connectivity index (χ0) is 14.4. The van der Waals surface area contributed by atoms with Crippen LogP contribution in [0.4, 0.5) is 0 Å². The monoisotopic (exact) mass is 277 g/mol. The van der Waals surface area contributed by atoms with Crippen molar-refractivity contribution in [2.45, 2.75) is 25.8 Å². The van der Waals surface area contributed by atoms with Crippen molar-refractivity contribution in [3.63, 3.8) is 0 Å². The van der Waals surface area contributed by atoms with E-state index in [2.05, 4.69) is 15.2 Å². The molecule has 0 aromatic carbocycles. The lowest BCUT2D eigenvalue weighted by molar-refractivity contribution is -0.121. The summed E-state index contributed by atoms with van der Waals surface area (Å²) in [4.78, 5) is 28.9. The maximum absolute atomic E-state index is 11.7. The molecule has 6 nitrogen and oxygen atoms in total. The smallest absolute Gasteiger partial charge is 0.335 e. The molecule has 2 heterocycles. The maximum atomic E-state index is 11.7. The second-order valence-electron chi connectivity index (χ2n) is 4.92. The van der Waals surface area contributed by atoms with Gasteiger partial charge < -0.3 is 15.3 Å². The molecule has 2 N–H and O–H groups in total. The van der Waals surface area contributed by atoms with Crippen molar-refractivity contribution in [3.8, 4) is 0 Å². The molecular weight excluding hydrogens is 258 g/mol. The summed E-state index contributed by atoms with van der Waals surface area (Å²) < 4.78 is 0. The van der Waals surface area contributed by atoms with Crippen LogP contribution in [0.15, 0.2) is 18.3 Å². The fourth-order valence-electron chi connectivity index (χ4n) is 2.25. The minimum Gasteiger partial charge on any atom is -0.478 e. The highest BCUT2D eigenvalue weighted by atomic mass is 16.4. The fraction of sp³-hybridized carbons (Fsp3) is 0.500. The van der Waals surface area contributed by atoms with Crippen LogP contribution in [0.1, 0.15) is 35.3 Å². The van der Waals surface area contributed by atoms with E-state index in [0.717, 1.165) is 19.6 Å². The first kappa shape index (κ1) is 14.5. The van der Waals surface area contributed by atoms with Gasteiger partial charge in [0.05, 0.1) is 17.8 Å². The van der Waals surface area contributed by atoms with Gasteiger partial charge in [-0.2, -0.15) is 0 Å². The van der Waals surface area contributed by atoms with Crippen molar-refractivity contribution >= 4 is 11.9 Å². The lowest BCUT2D eigenvalue weighted by atomic mass is 10.2. The number of nitrogens with one attached hydrogen (secondary N) is 1. The van der Waals surface area contributed by atoms with E-state index in [0.29, 0.717) is 12.1 Å². The van der Waals surface area contributed by atoms with Crippen LogP contribution in [0.3, 0.4) is 0 Å². The molecule has 0 radical (unpaired) electrons. The van der Waals surface area contributed by atoms with Crippen molar-refractivity contribution in [1.82, 2.24) is 15.2 Å². The van der Waals surface area contributed by atoms with Crippen molar-refractivity contribution in [2.75, 3.05) is 19.6 Å². The summed E-state index contributed by atoms with van der Waals surface area (Å²) in [6.45, 7) is 3.21. The van der Waals surface area contributed by atoms with Crippen LogP contribution < -0.4 is 5.32 Å². The minimum absolute atomic E-state index is 0.0283. The van der Waals surface area contributed by atoms with Gasteiger partial charge in [0.1, 0.15) is 0 Å². The summed E-state index contributed by atoms with van der Waals surface area (Å²) in [6.07, 6.45) is 4.34.